The largest absolute Gasteiger partial charge is 0.507 e. The fourth-order valence-corrected chi connectivity index (χ4v) is 4.00. The molecular weight excluding hydrogens is 588 g/mol. The van der Waals surface area contributed by atoms with Gasteiger partial charge in [0.05, 0.1) is 11.6 Å². The molecule has 1 aliphatic heterocycles. The Morgan fingerprint density at radius 3 is 2.05 bits per heavy atom. The van der Waals surface area contributed by atoms with Gasteiger partial charge >= 0.3 is 35.2 Å². The predicted octanol–water partition coefficient (Wildman–Crippen LogP) is -0.641. The summed E-state index contributed by atoms with van der Waals surface area (Å²) in [4.78, 5) is 45.0. The van der Waals surface area contributed by atoms with Crippen molar-refractivity contribution >= 4 is 34.8 Å². The minimum Gasteiger partial charge on any atom is -0.507 e. The van der Waals surface area contributed by atoms with Gasteiger partial charge in [-0.3, -0.25) is 0 Å². The number of phenolic OH excluding ortho intramolecular Hbond substituents is 5. The lowest BCUT2D eigenvalue weighted by Gasteiger charge is -2.41. The average molecular weight is 609 g/mol. The first-order chi connectivity index (χ1) is 20.2. The highest BCUT2D eigenvalue weighted by Crippen LogP contribution is 2.45. The first-order valence-corrected chi connectivity index (χ1v) is 11.8. The van der Waals surface area contributed by atoms with Crippen LogP contribution in [-0.2, 0) is 33.4 Å². The molecule has 0 unspecified atom stereocenters. The van der Waals surface area contributed by atoms with Gasteiger partial charge in [-0.25, -0.2) is 23.6 Å². The maximum absolute atomic E-state index is 11.8. The van der Waals surface area contributed by atoms with Gasteiger partial charge in [-0.1, -0.05) is 0 Å². The Bertz CT molecular complexity index is 1590. The van der Waals surface area contributed by atoms with Gasteiger partial charge < -0.3 is 64.9 Å². The maximum atomic E-state index is 11.8. The summed E-state index contributed by atoms with van der Waals surface area (Å²) >= 11 is 0. The minimum atomic E-state index is -2.19. The van der Waals surface area contributed by atoms with E-state index in [9.17, 15) is 54.9 Å². The Morgan fingerprint density at radius 1 is 0.814 bits per heavy atom. The summed E-state index contributed by atoms with van der Waals surface area (Å²) in [6.07, 6.45) is -10.3. The van der Waals surface area contributed by atoms with Crippen molar-refractivity contribution in [2.45, 2.75) is 30.7 Å². The quantitative estimate of drug-likeness (QED) is 0.0726. The summed E-state index contributed by atoms with van der Waals surface area (Å²) in [7, 11) is 0. The number of aromatic hydroxyl groups is 5. The molecule has 228 valence electrons. The Balaban J connectivity index is 1.80. The van der Waals surface area contributed by atoms with Gasteiger partial charge in [0.1, 0.15) is 35.7 Å². The highest BCUT2D eigenvalue weighted by atomic mass is 16.7. The zero-order valence-electron chi connectivity index (χ0n) is 21.2. The van der Waals surface area contributed by atoms with E-state index in [1.165, 1.54) is 0 Å². The van der Waals surface area contributed by atoms with Crippen molar-refractivity contribution in [3.8, 4) is 45.8 Å². The third-order valence-corrected chi connectivity index (χ3v) is 6.00. The van der Waals surface area contributed by atoms with Crippen molar-refractivity contribution in [2.24, 2.45) is 0 Å². The first kappa shape index (κ1) is 30.4. The number of ether oxygens (including phenoxy) is 4. The summed E-state index contributed by atoms with van der Waals surface area (Å²) in [5.41, 5.74) is -0.377. The standard InChI is InChI=1S/C25H20O18/c26-8-3-10(27)9-5-14(19(40-13(9)4-8)7-1-11(28)16(30)12(29)2-7)41-25-18(32)20(43-24(38)22(35)36)17(31)15(42-25)6-39-23(37)21(33)34/h1-5,15,17-18,20,25,31-32H,6H2,(H6-,26,27,28,29,30,33,34,35,36)/p+1/t15-,17-,18-,20+,25-/m1/s1. The van der Waals surface area contributed by atoms with E-state index in [-0.39, 0.29) is 16.5 Å². The van der Waals surface area contributed by atoms with Gasteiger partial charge in [-0.15, -0.1) is 0 Å². The van der Waals surface area contributed by atoms with Gasteiger partial charge in [-0.2, -0.15) is 0 Å². The summed E-state index contributed by atoms with van der Waals surface area (Å²) in [6, 6.07) is 4.88. The van der Waals surface area contributed by atoms with Gasteiger partial charge in [-0.05, 0) is 0 Å². The maximum Gasteiger partial charge on any atom is 0.417 e. The molecule has 43 heavy (non-hydrogen) atoms. The fourth-order valence-electron chi connectivity index (χ4n) is 4.00. The zero-order chi connectivity index (χ0) is 31.7. The highest BCUT2D eigenvalue weighted by molar-refractivity contribution is 6.29. The molecule has 0 radical (unpaired) electrons. The Hall–Kier alpha value is -5.59. The lowest BCUT2D eigenvalue weighted by molar-refractivity contribution is -0.282. The molecule has 2 aromatic carbocycles. The van der Waals surface area contributed by atoms with Gasteiger partial charge in [0.25, 0.3) is 0 Å². The van der Waals surface area contributed by atoms with E-state index in [1.807, 2.05) is 0 Å². The molecule has 0 aliphatic carbocycles. The Morgan fingerprint density at radius 2 is 1.44 bits per heavy atom. The number of carboxylic acid groups (broad SMARTS) is 2. The van der Waals surface area contributed by atoms with E-state index in [0.29, 0.717) is 0 Å². The first-order valence-electron chi connectivity index (χ1n) is 11.8. The lowest BCUT2D eigenvalue weighted by Crippen LogP contribution is -2.62. The smallest absolute Gasteiger partial charge is 0.417 e. The Labute approximate surface area is 237 Å². The van der Waals surface area contributed by atoms with Crippen LogP contribution in [-0.4, -0.2) is 107 Å². The molecular formula is C25H21O18+. The number of rotatable bonds is 6. The molecule has 0 amide bonds. The van der Waals surface area contributed by atoms with E-state index in [4.69, 9.17) is 24.1 Å². The number of carbonyl (C=O) groups is 4. The minimum absolute atomic E-state index is 0.116. The molecule has 1 saturated heterocycles. The third kappa shape index (κ3) is 6.20. The van der Waals surface area contributed by atoms with Crippen LogP contribution >= 0.6 is 0 Å². The van der Waals surface area contributed by atoms with Crippen molar-refractivity contribution in [3.63, 3.8) is 0 Å². The zero-order valence-corrected chi connectivity index (χ0v) is 21.2. The third-order valence-electron chi connectivity index (χ3n) is 6.00. The summed E-state index contributed by atoms with van der Waals surface area (Å²) in [5.74, 6) is -12.2. The molecule has 2 heterocycles. The number of benzene rings is 2. The number of esters is 2. The highest BCUT2D eigenvalue weighted by Gasteiger charge is 2.50. The van der Waals surface area contributed by atoms with Crippen LogP contribution in [0, 0.1) is 0 Å². The molecule has 1 fully saturated rings. The normalized spacial score (nSPS) is 21.6. The number of phenols is 5. The molecule has 18 heteroatoms. The van der Waals surface area contributed by atoms with Gasteiger partial charge in [0.2, 0.25) is 12.0 Å². The molecule has 9 N–H and O–H groups in total. The van der Waals surface area contributed by atoms with Crippen LogP contribution in [0.25, 0.3) is 22.3 Å². The van der Waals surface area contributed by atoms with E-state index >= 15 is 0 Å². The molecule has 1 aliphatic rings. The molecule has 0 spiro atoms. The number of aliphatic carboxylic acids is 2. The number of fused-ring (bicyclic) bond motifs is 1. The molecule has 0 bridgehead atoms. The Kier molecular flexibility index (Phi) is 8.28. The van der Waals surface area contributed by atoms with Crippen LogP contribution in [0.1, 0.15) is 0 Å². The van der Waals surface area contributed by atoms with E-state index in [0.717, 1.165) is 30.3 Å². The number of hydrogen-bond acceptors (Lipinski definition) is 15. The molecule has 1 aromatic heterocycles. The molecule has 18 nitrogen and oxygen atoms in total. The fraction of sp³-hybridized carbons (Fsp3) is 0.240. The summed E-state index contributed by atoms with van der Waals surface area (Å²) in [5, 5.41) is 89.0. The lowest BCUT2D eigenvalue weighted by atomic mass is 9.98. The summed E-state index contributed by atoms with van der Waals surface area (Å²) in [6.45, 7) is -1.02. The van der Waals surface area contributed by atoms with E-state index < -0.39 is 101 Å². The van der Waals surface area contributed by atoms with Crippen LogP contribution in [0.3, 0.4) is 0 Å². The van der Waals surface area contributed by atoms with Crippen LogP contribution < -0.4 is 4.74 Å². The molecule has 0 saturated carbocycles. The monoisotopic (exact) mass is 609 g/mol. The number of aliphatic hydroxyl groups is 2. The van der Waals surface area contributed by atoms with Crippen molar-refractivity contribution in [1.82, 2.24) is 0 Å². The van der Waals surface area contributed by atoms with Crippen LogP contribution in [0.4, 0.5) is 0 Å². The SMILES string of the molecule is O=C(O)C(=O)OC[C@H]1O[C@@H](Oc2cc3c(O)cc(O)cc3[o+]c2-c2cc(O)c(O)c(O)c2)[C@H](O)[C@@H](OC(=O)C(=O)O)[C@@H]1O. The second kappa shape index (κ2) is 11.7. The van der Waals surface area contributed by atoms with Crippen LogP contribution in [0.2, 0.25) is 0 Å². The second-order valence-electron chi connectivity index (χ2n) is 8.90. The van der Waals surface area contributed by atoms with Gasteiger partial charge in [0, 0.05) is 24.3 Å². The number of aliphatic hydroxyl groups excluding tert-OH is 2. The van der Waals surface area contributed by atoms with Crippen LogP contribution in [0.15, 0.2) is 34.7 Å². The molecule has 3 aromatic rings. The number of carbonyl (C=O) groups excluding carboxylic acids is 2. The van der Waals surface area contributed by atoms with Crippen molar-refractivity contribution in [2.75, 3.05) is 6.61 Å². The van der Waals surface area contributed by atoms with Crippen molar-refractivity contribution < 1.29 is 88.5 Å². The van der Waals surface area contributed by atoms with E-state index in [2.05, 4.69) is 9.47 Å². The summed E-state index contributed by atoms with van der Waals surface area (Å²) < 4.78 is 26.0. The average Bonchev–Trinajstić information content (AvgIpc) is 2.93. The topological polar surface area (TPSA) is 299 Å². The second-order valence-corrected chi connectivity index (χ2v) is 8.90. The molecule has 4 rings (SSSR count). The van der Waals surface area contributed by atoms with Crippen molar-refractivity contribution in [1.29, 1.82) is 0 Å². The van der Waals surface area contributed by atoms with Gasteiger partial charge in [0.15, 0.2) is 29.5 Å². The predicted molar refractivity (Wildman–Crippen MR) is 132 cm³/mol. The number of hydrogen-bond donors (Lipinski definition) is 9. The van der Waals surface area contributed by atoms with Crippen molar-refractivity contribution in [3.05, 3.63) is 30.3 Å². The van der Waals surface area contributed by atoms with E-state index in [1.54, 1.807) is 0 Å². The van der Waals surface area contributed by atoms with Crippen LogP contribution in [0.5, 0.6) is 34.5 Å². The number of carboxylic acids is 2. The molecule has 5 atom stereocenters.